The van der Waals surface area contributed by atoms with Gasteiger partial charge in [-0.05, 0) is 38.5 Å². The van der Waals surface area contributed by atoms with E-state index >= 15 is 0 Å². The second-order valence-electron chi connectivity index (χ2n) is 7.76. The number of carboxylic acids is 1. The Morgan fingerprint density at radius 2 is 2.12 bits per heavy atom. The molecule has 0 unspecified atom stereocenters. The lowest BCUT2D eigenvalue weighted by molar-refractivity contribution is -0.137. The van der Waals surface area contributed by atoms with Crippen LogP contribution in [0.2, 0.25) is 0 Å². The van der Waals surface area contributed by atoms with E-state index in [1.807, 2.05) is 16.7 Å². The van der Waals surface area contributed by atoms with E-state index in [4.69, 9.17) is 5.11 Å². The van der Waals surface area contributed by atoms with Crippen molar-refractivity contribution in [3.63, 3.8) is 0 Å². The summed E-state index contributed by atoms with van der Waals surface area (Å²) in [6, 6.07) is 0.261. The molecule has 0 aromatic carbocycles. The van der Waals surface area contributed by atoms with Crippen molar-refractivity contribution in [2.45, 2.75) is 57.4 Å². The fourth-order valence-electron chi connectivity index (χ4n) is 4.24. The van der Waals surface area contributed by atoms with Crippen LogP contribution in [0.3, 0.4) is 0 Å². The van der Waals surface area contributed by atoms with Crippen LogP contribution in [0.25, 0.3) is 0 Å². The highest BCUT2D eigenvalue weighted by atomic mass is 19.3. The Hall–Kier alpha value is -1.99. The minimum atomic E-state index is -2.92. The molecule has 2 fully saturated rings. The molecule has 2 saturated heterocycles. The topological polar surface area (TPSA) is 69.6 Å². The lowest BCUT2D eigenvalue weighted by Crippen LogP contribution is -2.47. The van der Waals surface area contributed by atoms with E-state index in [-0.39, 0.29) is 30.5 Å². The maximum atomic E-state index is 14.6. The maximum Gasteiger partial charge on any atom is 0.303 e. The van der Waals surface area contributed by atoms with Gasteiger partial charge in [0, 0.05) is 44.1 Å². The zero-order chi connectivity index (χ0) is 18.5. The number of aromatic nitrogens is 2. The standard InChI is InChI=1S/C18H24F2N4O2/c1-11-4-8-24(11)17-21-15-13(3-2-6-18(15,19)20)16(22-17)23-7-5-12(10-23)9-14(25)26/h11-12H,2-10H2,1H3,(H,25,26)/t11-,12-/m0/s1. The average molecular weight is 366 g/mol. The number of carboxylic acid groups (broad SMARTS) is 1. The van der Waals surface area contributed by atoms with Crippen molar-refractivity contribution in [2.24, 2.45) is 5.92 Å². The molecule has 2 aliphatic heterocycles. The Labute approximate surface area is 151 Å². The number of rotatable bonds is 4. The Kier molecular flexibility index (Phi) is 4.23. The first kappa shape index (κ1) is 17.4. The smallest absolute Gasteiger partial charge is 0.303 e. The third-order valence-electron chi connectivity index (χ3n) is 5.86. The Balaban J connectivity index is 1.71. The molecular formula is C18H24F2N4O2. The summed E-state index contributed by atoms with van der Waals surface area (Å²) in [6.45, 7) is 4.04. The Morgan fingerprint density at radius 3 is 2.77 bits per heavy atom. The molecule has 0 radical (unpaired) electrons. The fourth-order valence-corrected chi connectivity index (χ4v) is 4.24. The third kappa shape index (κ3) is 2.99. The first-order chi connectivity index (χ1) is 12.3. The highest BCUT2D eigenvalue weighted by molar-refractivity contribution is 5.67. The summed E-state index contributed by atoms with van der Waals surface area (Å²) >= 11 is 0. The number of hydrogen-bond acceptors (Lipinski definition) is 5. The van der Waals surface area contributed by atoms with Crippen LogP contribution < -0.4 is 9.80 Å². The summed E-state index contributed by atoms with van der Waals surface area (Å²) in [5, 5.41) is 9.03. The fraction of sp³-hybridized carbons (Fsp3) is 0.722. The Bertz CT molecular complexity index is 727. The molecule has 8 heteroatoms. The number of aliphatic carboxylic acids is 1. The molecule has 1 aromatic heterocycles. The van der Waals surface area contributed by atoms with Gasteiger partial charge in [-0.15, -0.1) is 0 Å². The number of hydrogen-bond donors (Lipinski definition) is 1. The van der Waals surface area contributed by atoms with Gasteiger partial charge in [0.15, 0.2) is 0 Å². The molecule has 3 heterocycles. The van der Waals surface area contributed by atoms with Crippen molar-refractivity contribution in [1.29, 1.82) is 0 Å². The predicted molar refractivity (Wildman–Crippen MR) is 92.9 cm³/mol. The van der Waals surface area contributed by atoms with Crippen LogP contribution in [0.5, 0.6) is 0 Å². The minimum Gasteiger partial charge on any atom is -0.481 e. The largest absolute Gasteiger partial charge is 0.481 e. The summed E-state index contributed by atoms with van der Waals surface area (Å²) in [5.74, 6) is -2.72. The molecule has 1 N–H and O–H groups in total. The summed E-state index contributed by atoms with van der Waals surface area (Å²) in [5.41, 5.74) is 0.429. The average Bonchev–Trinajstić information content (AvgIpc) is 3.00. The van der Waals surface area contributed by atoms with Gasteiger partial charge >= 0.3 is 5.97 Å². The van der Waals surface area contributed by atoms with Crippen molar-refractivity contribution in [2.75, 3.05) is 29.4 Å². The van der Waals surface area contributed by atoms with Crippen LogP contribution in [0.1, 0.15) is 50.3 Å². The van der Waals surface area contributed by atoms with Gasteiger partial charge in [-0.3, -0.25) is 4.79 Å². The molecule has 26 heavy (non-hydrogen) atoms. The van der Waals surface area contributed by atoms with E-state index in [0.29, 0.717) is 43.3 Å². The van der Waals surface area contributed by atoms with Gasteiger partial charge in [0.1, 0.15) is 11.5 Å². The van der Waals surface area contributed by atoms with Gasteiger partial charge in [0.05, 0.1) is 0 Å². The van der Waals surface area contributed by atoms with E-state index in [0.717, 1.165) is 19.4 Å². The molecule has 0 spiro atoms. The summed E-state index contributed by atoms with van der Waals surface area (Å²) in [4.78, 5) is 23.9. The van der Waals surface area contributed by atoms with Crippen molar-refractivity contribution in [3.05, 3.63) is 11.3 Å². The van der Waals surface area contributed by atoms with Gasteiger partial charge in [-0.2, -0.15) is 13.8 Å². The van der Waals surface area contributed by atoms with Gasteiger partial charge in [-0.25, -0.2) is 4.98 Å². The van der Waals surface area contributed by atoms with Crippen molar-refractivity contribution < 1.29 is 18.7 Å². The van der Waals surface area contributed by atoms with Crippen molar-refractivity contribution in [3.8, 4) is 0 Å². The SMILES string of the molecule is C[C@H]1CCN1c1nc(N2CC[C@@H](CC(=O)O)C2)c2c(n1)C(F)(F)CCC2. The molecule has 0 bridgehead atoms. The van der Waals surface area contributed by atoms with Crippen LogP contribution in [-0.4, -0.2) is 46.7 Å². The number of halogens is 2. The molecule has 142 valence electrons. The van der Waals surface area contributed by atoms with E-state index in [1.165, 1.54) is 0 Å². The molecule has 6 nitrogen and oxygen atoms in total. The zero-order valence-corrected chi connectivity index (χ0v) is 14.9. The molecule has 4 rings (SSSR count). The predicted octanol–water partition coefficient (Wildman–Crippen LogP) is 2.80. The molecular weight excluding hydrogens is 342 g/mol. The summed E-state index contributed by atoms with van der Waals surface area (Å²) in [7, 11) is 0. The summed E-state index contributed by atoms with van der Waals surface area (Å²) in [6.07, 6.45) is 2.66. The number of anilines is 2. The van der Waals surface area contributed by atoms with Crippen LogP contribution in [-0.2, 0) is 17.1 Å². The van der Waals surface area contributed by atoms with Gasteiger partial charge in [0.2, 0.25) is 5.95 Å². The van der Waals surface area contributed by atoms with Crippen molar-refractivity contribution in [1.82, 2.24) is 9.97 Å². The second kappa shape index (κ2) is 6.32. The van der Waals surface area contributed by atoms with Gasteiger partial charge in [0.25, 0.3) is 5.92 Å². The molecule has 3 aliphatic rings. The molecule has 1 aromatic rings. The van der Waals surface area contributed by atoms with Crippen LogP contribution in [0, 0.1) is 5.92 Å². The maximum absolute atomic E-state index is 14.6. The lowest BCUT2D eigenvalue weighted by atomic mass is 9.92. The quantitative estimate of drug-likeness (QED) is 0.884. The number of fused-ring (bicyclic) bond motifs is 1. The Morgan fingerprint density at radius 1 is 1.31 bits per heavy atom. The van der Waals surface area contributed by atoms with Gasteiger partial charge in [-0.1, -0.05) is 0 Å². The summed E-state index contributed by atoms with van der Waals surface area (Å²) < 4.78 is 29.1. The van der Waals surface area contributed by atoms with E-state index < -0.39 is 11.9 Å². The lowest BCUT2D eigenvalue weighted by Gasteiger charge is -2.40. The second-order valence-corrected chi connectivity index (χ2v) is 7.76. The van der Waals surface area contributed by atoms with E-state index in [9.17, 15) is 13.6 Å². The first-order valence-electron chi connectivity index (χ1n) is 9.38. The highest BCUT2D eigenvalue weighted by Crippen LogP contribution is 2.44. The van der Waals surface area contributed by atoms with Crippen LogP contribution in [0.15, 0.2) is 0 Å². The monoisotopic (exact) mass is 366 g/mol. The normalized spacial score (nSPS) is 27.2. The van der Waals surface area contributed by atoms with Crippen molar-refractivity contribution >= 4 is 17.7 Å². The third-order valence-corrected chi connectivity index (χ3v) is 5.86. The van der Waals surface area contributed by atoms with Crippen LogP contribution >= 0.6 is 0 Å². The molecule has 0 amide bonds. The number of alkyl halides is 2. The van der Waals surface area contributed by atoms with Crippen LogP contribution in [0.4, 0.5) is 20.5 Å². The minimum absolute atomic E-state index is 0.0357. The molecule has 1 aliphatic carbocycles. The molecule has 0 saturated carbocycles. The van der Waals surface area contributed by atoms with E-state index in [1.54, 1.807) is 0 Å². The molecule has 2 atom stereocenters. The zero-order valence-electron chi connectivity index (χ0n) is 14.9. The highest BCUT2D eigenvalue weighted by Gasteiger charge is 2.42. The van der Waals surface area contributed by atoms with Gasteiger partial charge < -0.3 is 14.9 Å². The number of nitrogens with zero attached hydrogens (tertiary/aromatic N) is 4. The first-order valence-corrected chi connectivity index (χ1v) is 9.38. The number of carbonyl (C=O) groups is 1. The van der Waals surface area contributed by atoms with E-state index in [2.05, 4.69) is 9.97 Å².